The normalized spacial score (nSPS) is 11.0. The van der Waals surface area contributed by atoms with Gasteiger partial charge in [-0.25, -0.2) is 15.0 Å². The molecule has 9 aromatic carbocycles. The van der Waals surface area contributed by atoms with Crippen LogP contribution in [0.2, 0.25) is 5.02 Å². The van der Waals surface area contributed by atoms with Gasteiger partial charge in [-0.2, -0.15) is 0 Å². The molecule has 0 radical (unpaired) electrons. The average Bonchev–Trinajstić information content (AvgIpc) is 1.77. The highest BCUT2D eigenvalue weighted by molar-refractivity contribution is 6.31. The van der Waals surface area contributed by atoms with E-state index in [0.717, 1.165) is 115 Å². The van der Waals surface area contributed by atoms with E-state index in [-0.39, 0.29) is 34.7 Å². The number of halogens is 1. The van der Waals surface area contributed by atoms with Crippen LogP contribution in [0.1, 0.15) is 122 Å². The van der Waals surface area contributed by atoms with Gasteiger partial charge in [-0.05, 0) is 228 Å². The monoisotopic (exact) mass is 1380 g/mol. The number of hydrogen-bond donors (Lipinski definition) is 5. The van der Waals surface area contributed by atoms with E-state index in [4.69, 9.17) is 31.0 Å². The smallest absolute Gasteiger partial charge is 0.306 e. The van der Waals surface area contributed by atoms with Crippen LogP contribution in [0.4, 0.5) is 0 Å². The van der Waals surface area contributed by atoms with Crippen LogP contribution in [0.25, 0.3) is 84.3 Å². The molecule has 0 bridgehead atoms. The molecule has 21 heteroatoms. The minimum absolute atomic E-state index is 0.0904. The summed E-state index contributed by atoms with van der Waals surface area (Å²) in [5, 5.41) is 78.9. The van der Waals surface area contributed by atoms with Gasteiger partial charge >= 0.3 is 5.97 Å². The van der Waals surface area contributed by atoms with Crippen molar-refractivity contribution >= 4 is 50.7 Å². The van der Waals surface area contributed by atoms with Crippen LogP contribution in [0, 0.1) is 55.4 Å². The van der Waals surface area contributed by atoms with Crippen molar-refractivity contribution in [1.29, 1.82) is 0 Å². The Balaban J connectivity index is 0.000000150. The van der Waals surface area contributed by atoms with Crippen LogP contribution in [-0.4, -0.2) is 105 Å². The minimum Gasteiger partial charge on any atom is -0.507 e. The summed E-state index contributed by atoms with van der Waals surface area (Å²) in [5.41, 5.74) is 16.4. The van der Waals surface area contributed by atoms with Crippen molar-refractivity contribution in [2.24, 2.45) is 0 Å². The number of hydrogen-bond acceptors (Lipinski definition) is 17. The second-order valence-corrected chi connectivity index (χ2v) is 25.7. The first-order valence-electron chi connectivity index (χ1n) is 34.0. The minimum atomic E-state index is -0.182. The number of phenolic OH excluding ortho intramolecular Hbond substituents is 5. The second-order valence-electron chi connectivity index (χ2n) is 25.3. The Morgan fingerprint density at radius 3 is 1.33 bits per heavy atom. The van der Waals surface area contributed by atoms with Crippen LogP contribution in [0.5, 0.6) is 34.5 Å². The number of esters is 1. The zero-order chi connectivity index (χ0) is 71.9. The number of unbranched alkanes of at least 4 members (excludes halogenated alkanes) is 6. The highest BCUT2D eigenvalue weighted by atomic mass is 35.5. The van der Waals surface area contributed by atoms with Gasteiger partial charge in [0.05, 0.1) is 24.3 Å². The number of phenols is 5. The SMILES string of the molecule is CCCCCCCCOC(=O)CCc1cc(C)c(O)c(-n2nc3ccccc3n2)c1.CCCCOc1ccc(-c2nc(-c3ccc(C)cc3O)nc(-c3ccc(C)cc3O)n2)c(C)c1.Cc1cc(C)c(O)c(-n2nc3ccc(Cl)cc3n2)c1.Cc1cc(C)c(O)c(-n2nc3ccccc3n2)c1. The number of ether oxygens (including phenoxy) is 2. The quantitative estimate of drug-likeness (QED) is 0.0351. The van der Waals surface area contributed by atoms with Gasteiger partial charge in [-0.3, -0.25) is 4.79 Å². The number of benzene rings is 9. The summed E-state index contributed by atoms with van der Waals surface area (Å²) in [5.74, 6) is 2.48. The molecule has 4 aromatic heterocycles. The Kier molecular flexibility index (Phi) is 24.1. The molecule has 0 aliphatic rings. The Hall–Kier alpha value is -11.3. The summed E-state index contributed by atoms with van der Waals surface area (Å²) in [6, 6.07) is 48.4. The highest BCUT2D eigenvalue weighted by Gasteiger charge is 2.20. The molecule has 520 valence electrons. The molecule has 0 saturated heterocycles. The molecular weight excluding hydrogens is 1290 g/mol. The van der Waals surface area contributed by atoms with E-state index >= 15 is 0 Å². The van der Waals surface area contributed by atoms with Crippen LogP contribution in [0.15, 0.2) is 158 Å². The standard InChI is InChI=1S/C28H29N3O3.C24H31N3O3.C14H12ClN3O.C14H13N3O/c1-5-6-13-34-20-9-12-21(19(4)16-20)26-29-27(22-10-7-17(2)14-24(22)32)31-28(30-26)23-11-8-18(3)15-25(23)33;1-3-4-5-6-7-10-15-30-23(28)14-13-19-16-18(2)24(29)22(17-19)27-25-20-11-8-9-12-21(20)26-27;1-8-5-9(2)14(19)13(6-8)18-16-11-4-3-10(15)7-12(11)17-18;1-9-7-10(2)14(18)13(8-9)17-15-11-5-3-4-6-12(11)16-17/h7-12,14-16,32-33H,5-6,13H2,1-4H3;8-9,11-12,16-17,29H,3-7,10,13-15H2,1-2H3;3-7,19H,1-2H3;3-8,18H,1-2H3. The Labute approximate surface area is 592 Å². The number of carbonyl (C=O) groups is 1. The van der Waals surface area contributed by atoms with E-state index in [2.05, 4.69) is 49.4 Å². The third-order valence-electron chi connectivity index (χ3n) is 16.8. The molecular formula is C80H85ClN12O8. The molecule has 0 aliphatic heterocycles. The number of aromatic hydroxyl groups is 5. The molecule has 0 atom stereocenters. The molecule has 0 amide bonds. The maximum Gasteiger partial charge on any atom is 0.306 e. The number of fused-ring (bicyclic) bond motifs is 3. The fourth-order valence-corrected chi connectivity index (χ4v) is 11.5. The van der Waals surface area contributed by atoms with E-state index in [1.807, 2.05) is 171 Å². The van der Waals surface area contributed by atoms with Crippen LogP contribution < -0.4 is 4.74 Å². The first kappa shape index (κ1) is 72.5. The van der Waals surface area contributed by atoms with Gasteiger partial charge in [0.1, 0.15) is 84.7 Å². The lowest BCUT2D eigenvalue weighted by molar-refractivity contribution is -0.143. The Bertz CT molecular complexity index is 4930. The number of nitrogens with zero attached hydrogens (tertiary/aromatic N) is 12. The molecule has 101 heavy (non-hydrogen) atoms. The maximum atomic E-state index is 12.1. The number of carbonyl (C=O) groups excluding carboxylic acids is 1. The number of aromatic nitrogens is 12. The van der Waals surface area contributed by atoms with E-state index in [1.54, 1.807) is 42.5 Å². The molecule has 0 fully saturated rings. The summed E-state index contributed by atoms with van der Waals surface area (Å²) >= 11 is 5.93. The molecule has 13 aromatic rings. The first-order chi connectivity index (χ1) is 48.6. The fourth-order valence-electron chi connectivity index (χ4n) is 11.3. The Morgan fingerprint density at radius 1 is 0.406 bits per heavy atom. The summed E-state index contributed by atoms with van der Waals surface area (Å²) in [4.78, 5) is 30.5. The van der Waals surface area contributed by atoms with Gasteiger partial charge in [0.15, 0.2) is 17.5 Å². The van der Waals surface area contributed by atoms with Gasteiger partial charge in [-0.15, -0.1) is 45.0 Å². The predicted octanol–water partition coefficient (Wildman–Crippen LogP) is 17.8. The molecule has 5 N–H and O–H groups in total. The molecule has 0 saturated carbocycles. The van der Waals surface area contributed by atoms with Crippen molar-refractivity contribution in [2.75, 3.05) is 13.2 Å². The fraction of sp³-hybridized carbons (Fsp3) is 0.275. The van der Waals surface area contributed by atoms with Gasteiger partial charge in [0.2, 0.25) is 0 Å². The van der Waals surface area contributed by atoms with E-state index in [1.165, 1.54) is 40.1 Å². The summed E-state index contributed by atoms with van der Waals surface area (Å²) < 4.78 is 11.2. The van der Waals surface area contributed by atoms with Crippen LogP contribution in [-0.2, 0) is 16.0 Å². The maximum absolute atomic E-state index is 12.1. The van der Waals surface area contributed by atoms with Crippen molar-refractivity contribution < 1.29 is 39.8 Å². The molecule has 0 spiro atoms. The summed E-state index contributed by atoms with van der Waals surface area (Å²) in [7, 11) is 0. The molecule has 0 unspecified atom stereocenters. The zero-order valence-electron chi connectivity index (χ0n) is 58.7. The predicted molar refractivity (Wildman–Crippen MR) is 397 cm³/mol. The van der Waals surface area contributed by atoms with Crippen LogP contribution in [0.3, 0.4) is 0 Å². The average molecular weight is 1380 g/mol. The van der Waals surface area contributed by atoms with E-state index < -0.39 is 0 Å². The Morgan fingerprint density at radius 2 is 0.842 bits per heavy atom. The highest BCUT2D eigenvalue weighted by Crippen LogP contribution is 2.36. The molecule has 4 heterocycles. The van der Waals surface area contributed by atoms with Crippen molar-refractivity contribution in [3.05, 3.63) is 213 Å². The molecule has 0 aliphatic carbocycles. The third-order valence-corrected chi connectivity index (χ3v) is 17.0. The van der Waals surface area contributed by atoms with Crippen molar-refractivity contribution in [3.8, 4) is 85.7 Å². The zero-order valence-corrected chi connectivity index (χ0v) is 59.5. The largest absolute Gasteiger partial charge is 0.507 e. The van der Waals surface area contributed by atoms with Crippen molar-refractivity contribution in [3.63, 3.8) is 0 Å². The van der Waals surface area contributed by atoms with Crippen LogP contribution >= 0.6 is 11.6 Å². The van der Waals surface area contributed by atoms with E-state index in [0.29, 0.717) is 82.3 Å². The molecule has 13 rings (SSSR count). The third kappa shape index (κ3) is 18.5. The lowest BCUT2D eigenvalue weighted by Crippen LogP contribution is -2.08. The van der Waals surface area contributed by atoms with Gasteiger partial charge in [0.25, 0.3) is 0 Å². The second kappa shape index (κ2) is 33.5. The van der Waals surface area contributed by atoms with E-state index in [9.17, 15) is 30.3 Å². The van der Waals surface area contributed by atoms with Gasteiger partial charge < -0.3 is 35.0 Å². The van der Waals surface area contributed by atoms with Crippen molar-refractivity contribution in [2.45, 2.75) is 133 Å². The van der Waals surface area contributed by atoms with Gasteiger partial charge in [-0.1, -0.05) is 119 Å². The topological polar surface area (TPSA) is 267 Å². The number of aryl methyl sites for hydroxylation is 9. The lowest BCUT2D eigenvalue weighted by atomic mass is 10.0. The molecule has 20 nitrogen and oxygen atoms in total. The first-order valence-corrected chi connectivity index (χ1v) is 34.4. The summed E-state index contributed by atoms with van der Waals surface area (Å²) in [6.07, 6.45) is 9.95. The lowest BCUT2D eigenvalue weighted by Gasteiger charge is -2.13. The summed E-state index contributed by atoms with van der Waals surface area (Å²) in [6.45, 7) is 20.8. The number of rotatable bonds is 20. The van der Waals surface area contributed by atoms with Gasteiger partial charge in [0, 0.05) is 17.0 Å². The van der Waals surface area contributed by atoms with Crippen molar-refractivity contribution in [1.82, 2.24) is 59.9 Å².